The molecule has 1 aromatic heterocycles. The number of amides is 2. The lowest BCUT2D eigenvalue weighted by atomic mass is 10.0. The number of carbonyl (C=O) groups is 2. The molecule has 2 heterocycles. The van der Waals surface area contributed by atoms with Crippen LogP contribution in [0.25, 0.3) is 11.6 Å². The van der Waals surface area contributed by atoms with Crippen molar-refractivity contribution in [3.63, 3.8) is 0 Å². The molecule has 0 bridgehead atoms. The second kappa shape index (κ2) is 6.84. The normalized spacial score (nSPS) is 14.0. The van der Waals surface area contributed by atoms with Crippen molar-refractivity contribution in [1.29, 1.82) is 0 Å². The molecular formula is C21H16N2O4. The minimum absolute atomic E-state index is 0.233. The first-order valence-electron chi connectivity index (χ1n) is 8.31. The first-order chi connectivity index (χ1) is 13.2. The van der Waals surface area contributed by atoms with Gasteiger partial charge in [0.2, 0.25) is 0 Å². The summed E-state index contributed by atoms with van der Waals surface area (Å²) in [5.74, 6) is 0.613. The summed E-state index contributed by atoms with van der Waals surface area (Å²) in [5.41, 5.74) is 2.77. The zero-order valence-corrected chi connectivity index (χ0v) is 14.5. The molecule has 0 radical (unpaired) electrons. The van der Waals surface area contributed by atoms with Crippen LogP contribution in [-0.4, -0.2) is 18.9 Å². The number of furan rings is 1. The Kier molecular flexibility index (Phi) is 4.22. The molecule has 2 aromatic carbocycles. The van der Waals surface area contributed by atoms with E-state index in [4.69, 9.17) is 9.15 Å². The van der Waals surface area contributed by atoms with Gasteiger partial charge in [0.1, 0.15) is 11.5 Å². The van der Waals surface area contributed by atoms with Crippen molar-refractivity contribution in [2.45, 2.75) is 0 Å². The van der Waals surface area contributed by atoms with Gasteiger partial charge in [-0.05, 0) is 48.5 Å². The number of hydrogen-bond acceptors (Lipinski definition) is 4. The molecule has 0 fully saturated rings. The standard InChI is InChI=1S/C21H16N2O4/c1-26-19-7-3-2-6-18(19)23-20(24)13-8-9-17-15(11-13)16(21(25)22-17)12-14-5-4-10-27-14/h2-12H,1H3,(H,22,25)(H,23,24)/b16-12-. The summed E-state index contributed by atoms with van der Waals surface area (Å²) in [5, 5.41) is 5.63. The molecule has 3 aromatic rings. The lowest BCUT2D eigenvalue weighted by Crippen LogP contribution is -2.12. The second-order valence-electron chi connectivity index (χ2n) is 5.94. The highest BCUT2D eigenvalue weighted by molar-refractivity contribution is 6.35. The average Bonchev–Trinajstić information content (AvgIpc) is 3.30. The van der Waals surface area contributed by atoms with E-state index in [1.54, 1.807) is 55.7 Å². The fourth-order valence-electron chi connectivity index (χ4n) is 2.93. The molecule has 4 rings (SSSR count). The molecule has 0 saturated carbocycles. The second-order valence-corrected chi connectivity index (χ2v) is 5.94. The molecule has 0 unspecified atom stereocenters. The fraction of sp³-hybridized carbons (Fsp3) is 0.0476. The predicted octanol–water partition coefficient (Wildman–Crippen LogP) is 4.03. The molecule has 0 saturated heterocycles. The Morgan fingerprint density at radius 1 is 1.15 bits per heavy atom. The Balaban J connectivity index is 1.66. The summed E-state index contributed by atoms with van der Waals surface area (Å²) in [6.07, 6.45) is 3.19. The highest BCUT2D eigenvalue weighted by atomic mass is 16.5. The zero-order valence-electron chi connectivity index (χ0n) is 14.5. The van der Waals surface area contributed by atoms with Gasteiger partial charge in [-0.1, -0.05) is 12.1 Å². The van der Waals surface area contributed by atoms with E-state index in [-0.39, 0.29) is 11.8 Å². The Bertz CT molecular complexity index is 1050. The number of rotatable bonds is 4. The number of nitrogens with one attached hydrogen (secondary N) is 2. The van der Waals surface area contributed by atoms with Crippen molar-refractivity contribution in [2.75, 3.05) is 17.7 Å². The van der Waals surface area contributed by atoms with E-state index in [0.29, 0.717) is 39.6 Å². The average molecular weight is 360 g/mol. The Morgan fingerprint density at radius 3 is 2.78 bits per heavy atom. The summed E-state index contributed by atoms with van der Waals surface area (Å²) >= 11 is 0. The summed E-state index contributed by atoms with van der Waals surface area (Å²) in [6, 6.07) is 15.7. The molecule has 1 aliphatic heterocycles. The van der Waals surface area contributed by atoms with Gasteiger partial charge in [-0.15, -0.1) is 0 Å². The van der Waals surface area contributed by atoms with Gasteiger partial charge in [0.15, 0.2) is 0 Å². The van der Waals surface area contributed by atoms with Crippen LogP contribution in [0.3, 0.4) is 0 Å². The number of anilines is 2. The molecule has 27 heavy (non-hydrogen) atoms. The van der Waals surface area contributed by atoms with Gasteiger partial charge in [0, 0.05) is 16.8 Å². The van der Waals surface area contributed by atoms with E-state index in [9.17, 15) is 9.59 Å². The maximum atomic E-state index is 12.7. The SMILES string of the molecule is COc1ccccc1NC(=O)c1ccc2c(c1)/C(=C/c1ccco1)C(=O)N2. The van der Waals surface area contributed by atoms with Crippen LogP contribution in [0, 0.1) is 0 Å². The summed E-state index contributed by atoms with van der Waals surface area (Å²) in [6.45, 7) is 0. The van der Waals surface area contributed by atoms with Gasteiger partial charge in [0.05, 0.1) is 24.6 Å². The number of ether oxygens (including phenoxy) is 1. The molecule has 6 nitrogen and oxygen atoms in total. The summed E-state index contributed by atoms with van der Waals surface area (Å²) in [4.78, 5) is 25.0. The first-order valence-corrected chi connectivity index (χ1v) is 8.31. The van der Waals surface area contributed by atoms with Gasteiger partial charge in [-0.3, -0.25) is 9.59 Å². The largest absolute Gasteiger partial charge is 0.495 e. The van der Waals surface area contributed by atoms with Gasteiger partial charge < -0.3 is 19.8 Å². The van der Waals surface area contributed by atoms with Gasteiger partial charge in [0.25, 0.3) is 11.8 Å². The Labute approximate surface area is 155 Å². The molecule has 0 spiro atoms. The topological polar surface area (TPSA) is 80.6 Å². The Morgan fingerprint density at radius 2 is 2.00 bits per heavy atom. The van der Waals surface area contributed by atoms with Gasteiger partial charge >= 0.3 is 0 Å². The van der Waals surface area contributed by atoms with Crippen LogP contribution in [-0.2, 0) is 4.79 Å². The predicted molar refractivity (Wildman–Crippen MR) is 103 cm³/mol. The molecular weight excluding hydrogens is 344 g/mol. The number of hydrogen-bond donors (Lipinski definition) is 2. The summed E-state index contributed by atoms with van der Waals surface area (Å²) < 4.78 is 10.5. The van der Waals surface area contributed by atoms with Crippen molar-refractivity contribution in [3.05, 3.63) is 77.7 Å². The van der Waals surface area contributed by atoms with Crippen LogP contribution < -0.4 is 15.4 Å². The fourth-order valence-corrected chi connectivity index (χ4v) is 2.93. The van der Waals surface area contributed by atoms with E-state index in [2.05, 4.69) is 10.6 Å². The van der Waals surface area contributed by atoms with Crippen molar-refractivity contribution >= 4 is 34.8 Å². The number of carbonyl (C=O) groups excluding carboxylic acids is 2. The highest BCUT2D eigenvalue weighted by Gasteiger charge is 2.25. The third kappa shape index (κ3) is 3.20. The molecule has 2 N–H and O–H groups in total. The lowest BCUT2D eigenvalue weighted by Gasteiger charge is -2.10. The van der Waals surface area contributed by atoms with E-state index in [1.807, 2.05) is 12.1 Å². The monoisotopic (exact) mass is 360 g/mol. The van der Waals surface area contributed by atoms with Gasteiger partial charge in [-0.25, -0.2) is 0 Å². The maximum absolute atomic E-state index is 12.7. The lowest BCUT2D eigenvalue weighted by molar-refractivity contribution is -0.110. The smallest absolute Gasteiger partial charge is 0.256 e. The van der Waals surface area contributed by atoms with E-state index < -0.39 is 0 Å². The number of methoxy groups -OCH3 is 1. The summed E-state index contributed by atoms with van der Waals surface area (Å²) in [7, 11) is 1.55. The van der Waals surface area contributed by atoms with Crippen molar-refractivity contribution < 1.29 is 18.7 Å². The Hall–Kier alpha value is -3.80. The van der Waals surface area contributed by atoms with Crippen LogP contribution in [0.2, 0.25) is 0 Å². The quantitative estimate of drug-likeness (QED) is 0.688. The minimum Gasteiger partial charge on any atom is -0.495 e. The molecule has 0 aliphatic carbocycles. The number of fused-ring (bicyclic) bond motifs is 1. The molecule has 1 aliphatic rings. The molecule has 134 valence electrons. The van der Waals surface area contributed by atoms with E-state index >= 15 is 0 Å². The van der Waals surface area contributed by atoms with Gasteiger partial charge in [-0.2, -0.15) is 0 Å². The first kappa shape index (κ1) is 16.7. The highest BCUT2D eigenvalue weighted by Crippen LogP contribution is 2.34. The number of para-hydroxylation sites is 2. The van der Waals surface area contributed by atoms with Crippen LogP contribution in [0.15, 0.2) is 65.3 Å². The number of benzene rings is 2. The minimum atomic E-state index is -0.293. The molecule has 2 amide bonds. The zero-order chi connectivity index (χ0) is 18.8. The maximum Gasteiger partial charge on any atom is 0.256 e. The van der Waals surface area contributed by atoms with Crippen LogP contribution in [0.1, 0.15) is 21.7 Å². The molecule has 6 heteroatoms. The van der Waals surface area contributed by atoms with Crippen molar-refractivity contribution in [2.24, 2.45) is 0 Å². The van der Waals surface area contributed by atoms with Crippen LogP contribution >= 0.6 is 0 Å². The van der Waals surface area contributed by atoms with E-state index in [0.717, 1.165) is 0 Å². The van der Waals surface area contributed by atoms with Crippen LogP contribution in [0.4, 0.5) is 11.4 Å². The third-order valence-corrected chi connectivity index (χ3v) is 4.25. The van der Waals surface area contributed by atoms with E-state index in [1.165, 1.54) is 6.26 Å². The van der Waals surface area contributed by atoms with Crippen molar-refractivity contribution in [1.82, 2.24) is 0 Å². The third-order valence-electron chi connectivity index (χ3n) is 4.25. The van der Waals surface area contributed by atoms with Crippen LogP contribution in [0.5, 0.6) is 5.75 Å². The molecule has 0 atom stereocenters. The van der Waals surface area contributed by atoms with Crippen molar-refractivity contribution in [3.8, 4) is 5.75 Å².